The molecule has 1 N–H and O–H groups in total. The van der Waals surface area contributed by atoms with Crippen LogP contribution in [0.25, 0.3) is 0 Å². The number of hydrogen-bond acceptors (Lipinski definition) is 3. The van der Waals surface area contributed by atoms with Gasteiger partial charge in [-0.15, -0.1) is 0 Å². The van der Waals surface area contributed by atoms with Crippen LogP contribution in [0.5, 0.6) is 0 Å². The number of benzene rings is 1. The lowest BCUT2D eigenvalue weighted by Gasteiger charge is -2.38. The van der Waals surface area contributed by atoms with Gasteiger partial charge in [-0.1, -0.05) is 18.2 Å². The van der Waals surface area contributed by atoms with E-state index in [1.165, 1.54) is 12.1 Å². The smallest absolute Gasteiger partial charge is 0.225 e. The largest absolute Gasteiger partial charge is 0.352 e. The number of rotatable bonds is 4. The normalized spacial score (nSPS) is 20.4. The van der Waals surface area contributed by atoms with Crippen molar-refractivity contribution in [1.82, 2.24) is 15.2 Å². The number of carbonyl (C=O) groups is 2. The molecule has 0 saturated carbocycles. The highest BCUT2D eigenvalue weighted by Crippen LogP contribution is 2.36. The number of amides is 2. The summed E-state index contributed by atoms with van der Waals surface area (Å²) in [5.74, 6) is -0.970. The first-order valence-electron chi connectivity index (χ1n) is 8.24. The van der Waals surface area contributed by atoms with Crippen LogP contribution in [0.4, 0.5) is 4.39 Å². The van der Waals surface area contributed by atoms with Gasteiger partial charge < -0.3 is 10.2 Å². The van der Waals surface area contributed by atoms with Crippen LogP contribution in [-0.2, 0) is 16.1 Å². The Kier molecular flexibility index (Phi) is 5.07. The van der Waals surface area contributed by atoms with Crippen molar-refractivity contribution in [2.45, 2.75) is 25.4 Å². The van der Waals surface area contributed by atoms with Gasteiger partial charge in [-0.3, -0.25) is 14.6 Å². The Morgan fingerprint density at radius 2 is 2.20 bits per heavy atom. The molecule has 3 rings (SSSR count). The molecule has 0 radical (unpaired) electrons. The quantitative estimate of drug-likeness (QED) is 0.929. The molecule has 0 bridgehead atoms. The van der Waals surface area contributed by atoms with Crippen molar-refractivity contribution >= 4 is 11.8 Å². The molecule has 25 heavy (non-hydrogen) atoms. The summed E-state index contributed by atoms with van der Waals surface area (Å²) >= 11 is 0. The molecule has 0 aliphatic carbocycles. The molecular weight excluding hydrogens is 321 g/mol. The van der Waals surface area contributed by atoms with Crippen molar-refractivity contribution in [3.8, 4) is 0 Å². The molecule has 1 aromatic carbocycles. The van der Waals surface area contributed by atoms with Crippen LogP contribution in [-0.4, -0.2) is 28.7 Å². The van der Waals surface area contributed by atoms with E-state index >= 15 is 0 Å². The van der Waals surface area contributed by atoms with E-state index < -0.39 is 12.0 Å². The highest BCUT2D eigenvalue weighted by molar-refractivity contribution is 5.84. The lowest BCUT2D eigenvalue weighted by atomic mass is 9.84. The standard InChI is InChI=1S/C19H20FN3O2/c1-23-17(24)8-7-16(18(23)14-5-2-6-15(20)10-14)19(25)22-12-13-4-3-9-21-11-13/h2-6,9-11,16,18H,7-8,12H2,1H3,(H,22,25)/t16-,18+/m1/s1. The summed E-state index contributed by atoms with van der Waals surface area (Å²) in [5.41, 5.74) is 1.54. The van der Waals surface area contributed by atoms with Crippen molar-refractivity contribution in [3.05, 3.63) is 65.7 Å². The van der Waals surface area contributed by atoms with Crippen LogP contribution in [0.2, 0.25) is 0 Å². The Morgan fingerprint density at radius 1 is 1.36 bits per heavy atom. The maximum atomic E-state index is 13.6. The maximum Gasteiger partial charge on any atom is 0.225 e. The monoisotopic (exact) mass is 341 g/mol. The number of carbonyl (C=O) groups excluding carboxylic acids is 2. The Labute approximate surface area is 145 Å². The summed E-state index contributed by atoms with van der Waals surface area (Å²) < 4.78 is 13.6. The van der Waals surface area contributed by atoms with Gasteiger partial charge in [0.1, 0.15) is 5.82 Å². The zero-order valence-electron chi connectivity index (χ0n) is 14.0. The fourth-order valence-corrected chi connectivity index (χ4v) is 3.28. The first-order chi connectivity index (χ1) is 12.1. The van der Waals surface area contributed by atoms with Crippen LogP contribution >= 0.6 is 0 Å². The first-order valence-corrected chi connectivity index (χ1v) is 8.24. The second-order valence-corrected chi connectivity index (χ2v) is 6.23. The number of halogens is 1. The summed E-state index contributed by atoms with van der Waals surface area (Å²) in [6.45, 7) is 0.372. The fraction of sp³-hybridized carbons (Fsp3) is 0.316. The third kappa shape index (κ3) is 3.84. The highest BCUT2D eigenvalue weighted by atomic mass is 19.1. The summed E-state index contributed by atoms with van der Waals surface area (Å²) in [6, 6.07) is 9.32. The van der Waals surface area contributed by atoms with Gasteiger partial charge in [-0.05, 0) is 35.7 Å². The molecule has 1 aliphatic heterocycles. The molecule has 2 aromatic rings. The lowest BCUT2D eigenvalue weighted by Crippen LogP contribution is -2.46. The topological polar surface area (TPSA) is 62.3 Å². The molecule has 6 heteroatoms. The molecular formula is C19H20FN3O2. The predicted molar refractivity (Wildman–Crippen MR) is 90.7 cm³/mol. The van der Waals surface area contributed by atoms with Gasteiger partial charge in [0.05, 0.1) is 12.0 Å². The van der Waals surface area contributed by atoms with Crippen LogP contribution < -0.4 is 5.32 Å². The number of pyridine rings is 1. The molecule has 130 valence electrons. The van der Waals surface area contributed by atoms with Gasteiger partial charge in [0, 0.05) is 32.4 Å². The van der Waals surface area contributed by atoms with Crippen LogP contribution in [0.3, 0.4) is 0 Å². The average Bonchev–Trinajstić information content (AvgIpc) is 2.62. The van der Waals surface area contributed by atoms with Crippen molar-refractivity contribution in [1.29, 1.82) is 0 Å². The van der Waals surface area contributed by atoms with Crippen molar-refractivity contribution in [3.63, 3.8) is 0 Å². The minimum Gasteiger partial charge on any atom is -0.352 e. The van der Waals surface area contributed by atoms with Crippen LogP contribution in [0, 0.1) is 11.7 Å². The van der Waals surface area contributed by atoms with Crippen molar-refractivity contribution < 1.29 is 14.0 Å². The van der Waals surface area contributed by atoms with Gasteiger partial charge in [-0.2, -0.15) is 0 Å². The molecule has 2 amide bonds. The minimum absolute atomic E-state index is 0.0365. The third-order valence-corrected chi connectivity index (χ3v) is 4.58. The SMILES string of the molecule is CN1C(=O)CC[C@@H](C(=O)NCc2cccnc2)[C@@H]1c1cccc(F)c1. The molecule has 2 atom stereocenters. The zero-order valence-corrected chi connectivity index (χ0v) is 14.0. The molecule has 1 aromatic heterocycles. The maximum absolute atomic E-state index is 13.6. The van der Waals surface area contributed by atoms with Gasteiger partial charge >= 0.3 is 0 Å². The Balaban J connectivity index is 1.79. The van der Waals surface area contributed by atoms with E-state index in [0.29, 0.717) is 24.9 Å². The summed E-state index contributed by atoms with van der Waals surface area (Å²) in [4.78, 5) is 30.4. The Hall–Kier alpha value is -2.76. The number of nitrogens with one attached hydrogen (secondary N) is 1. The van der Waals surface area contributed by atoms with Crippen LogP contribution in [0.15, 0.2) is 48.8 Å². The van der Waals surface area contributed by atoms with Crippen molar-refractivity contribution in [2.75, 3.05) is 7.05 Å². The number of nitrogens with zero attached hydrogens (tertiary/aromatic N) is 2. The average molecular weight is 341 g/mol. The van der Waals surface area contributed by atoms with E-state index in [2.05, 4.69) is 10.3 Å². The Bertz CT molecular complexity index is 766. The van der Waals surface area contributed by atoms with Gasteiger partial charge in [0.15, 0.2) is 0 Å². The van der Waals surface area contributed by atoms with Gasteiger partial charge in [0.2, 0.25) is 11.8 Å². The van der Waals surface area contributed by atoms with E-state index in [0.717, 1.165) is 5.56 Å². The number of hydrogen-bond donors (Lipinski definition) is 1. The van der Waals surface area contributed by atoms with E-state index in [1.54, 1.807) is 36.5 Å². The summed E-state index contributed by atoms with van der Waals surface area (Å²) in [7, 11) is 1.67. The molecule has 0 unspecified atom stereocenters. The highest BCUT2D eigenvalue weighted by Gasteiger charge is 2.38. The summed E-state index contributed by atoms with van der Waals surface area (Å²) in [6.07, 6.45) is 4.13. The summed E-state index contributed by atoms with van der Waals surface area (Å²) in [5, 5.41) is 2.91. The first kappa shape index (κ1) is 17.1. The number of likely N-dealkylation sites (tertiary alicyclic amines) is 1. The van der Waals surface area contributed by atoms with E-state index in [9.17, 15) is 14.0 Å². The number of aromatic nitrogens is 1. The molecule has 1 saturated heterocycles. The third-order valence-electron chi connectivity index (χ3n) is 4.58. The molecule has 0 spiro atoms. The van der Waals surface area contributed by atoms with Crippen molar-refractivity contribution in [2.24, 2.45) is 5.92 Å². The second kappa shape index (κ2) is 7.42. The van der Waals surface area contributed by atoms with Gasteiger partial charge in [0.25, 0.3) is 0 Å². The van der Waals surface area contributed by atoms with E-state index in [-0.39, 0.29) is 17.6 Å². The fourth-order valence-electron chi connectivity index (χ4n) is 3.28. The zero-order chi connectivity index (χ0) is 17.8. The molecule has 1 aliphatic rings. The predicted octanol–water partition coefficient (Wildman–Crippen LogP) is 2.45. The van der Waals surface area contributed by atoms with Crippen LogP contribution in [0.1, 0.15) is 30.0 Å². The van der Waals surface area contributed by atoms with E-state index in [1.807, 2.05) is 12.1 Å². The number of piperidine rings is 1. The van der Waals surface area contributed by atoms with Gasteiger partial charge in [-0.25, -0.2) is 4.39 Å². The molecule has 1 fully saturated rings. The second-order valence-electron chi connectivity index (χ2n) is 6.23. The molecule has 5 nitrogen and oxygen atoms in total. The molecule has 2 heterocycles. The lowest BCUT2D eigenvalue weighted by molar-refractivity contribution is -0.141. The Morgan fingerprint density at radius 3 is 2.92 bits per heavy atom. The van der Waals surface area contributed by atoms with E-state index in [4.69, 9.17) is 0 Å². The minimum atomic E-state index is -0.467.